The van der Waals surface area contributed by atoms with Crippen molar-refractivity contribution in [3.05, 3.63) is 35.2 Å². The molecule has 2 aliphatic rings. The van der Waals surface area contributed by atoms with E-state index in [-0.39, 0.29) is 62.1 Å². The van der Waals surface area contributed by atoms with Gasteiger partial charge in [0.05, 0.1) is 23.7 Å². The Morgan fingerprint density at radius 2 is 2.00 bits per heavy atom. The zero-order valence-corrected chi connectivity index (χ0v) is 20.6. The molecule has 2 heterocycles. The first-order chi connectivity index (χ1) is 16.8. The number of alkyl halides is 3. The summed E-state index contributed by atoms with van der Waals surface area (Å²) in [6.45, 7) is 7.73. The lowest BCUT2D eigenvalue weighted by Gasteiger charge is -2.41. The Morgan fingerprint density at radius 3 is 2.61 bits per heavy atom. The Bertz CT molecular complexity index is 1130. The van der Waals surface area contributed by atoms with Gasteiger partial charge < -0.3 is 19.7 Å². The van der Waals surface area contributed by atoms with E-state index in [9.17, 15) is 31.2 Å². The van der Waals surface area contributed by atoms with Crippen molar-refractivity contribution in [1.29, 1.82) is 0 Å². The lowest BCUT2D eigenvalue weighted by atomic mass is 9.80. The van der Waals surface area contributed by atoms with Gasteiger partial charge in [-0.25, -0.2) is 13.3 Å². The molecular formula is C23H28F3N3O6S. The third-order valence-corrected chi connectivity index (χ3v) is 7.46. The van der Waals surface area contributed by atoms with E-state index in [0.717, 1.165) is 12.3 Å². The van der Waals surface area contributed by atoms with Crippen molar-refractivity contribution in [2.45, 2.75) is 38.6 Å². The van der Waals surface area contributed by atoms with Gasteiger partial charge in [0.15, 0.2) is 5.69 Å². The Hall–Kier alpha value is -2.85. The number of sulfone groups is 1. The minimum atomic E-state index is -4.96. The monoisotopic (exact) mass is 531 g/mol. The molecule has 0 spiro atoms. The molecule has 3 rings (SSSR count). The predicted molar refractivity (Wildman–Crippen MR) is 123 cm³/mol. The SMILES string of the molecule is [C-]#[N+]c1ccc(CNC(=O)[C@@H]2CCCN(C(=O)C3(CS(C)(=O)=O)CCOCC3)C2)c(OC(F)(F)F)c1. The summed E-state index contributed by atoms with van der Waals surface area (Å²) < 4.78 is 71.8. The number of nitrogens with one attached hydrogen (secondary N) is 1. The first kappa shape index (κ1) is 27.7. The molecule has 2 saturated heterocycles. The van der Waals surface area contributed by atoms with Gasteiger partial charge in [-0.1, -0.05) is 12.1 Å². The van der Waals surface area contributed by atoms with Crippen LogP contribution in [0.3, 0.4) is 0 Å². The quantitative estimate of drug-likeness (QED) is 0.543. The van der Waals surface area contributed by atoms with E-state index in [0.29, 0.717) is 19.4 Å². The Balaban J connectivity index is 1.68. The topological polar surface area (TPSA) is 106 Å². The number of hydrogen-bond donors (Lipinski definition) is 1. The zero-order valence-electron chi connectivity index (χ0n) is 19.8. The van der Waals surface area contributed by atoms with Crippen molar-refractivity contribution in [3.63, 3.8) is 0 Å². The molecule has 0 radical (unpaired) electrons. The second kappa shape index (κ2) is 11.0. The summed E-state index contributed by atoms with van der Waals surface area (Å²) in [5.74, 6) is -2.22. The van der Waals surface area contributed by atoms with Crippen LogP contribution < -0.4 is 10.1 Å². The van der Waals surface area contributed by atoms with E-state index in [4.69, 9.17) is 11.3 Å². The molecule has 2 amide bonds. The van der Waals surface area contributed by atoms with Crippen molar-refractivity contribution in [2.24, 2.45) is 11.3 Å². The number of carbonyl (C=O) groups is 2. The first-order valence-corrected chi connectivity index (χ1v) is 13.5. The number of halogens is 3. The maximum atomic E-state index is 13.5. The number of nitrogens with zero attached hydrogens (tertiary/aromatic N) is 2. The summed E-state index contributed by atoms with van der Waals surface area (Å²) in [6, 6.07) is 3.57. The van der Waals surface area contributed by atoms with Gasteiger partial charge in [0.2, 0.25) is 11.8 Å². The number of hydrogen-bond acceptors (Lipinski definition) is 6. The fourth-order valence-electron chi connectivity index (χ4n) is 4.70. The minimum Gasteiger partial charge on any atom is -0.407 e. The second-order valence-electron chi connectivity index (χ2n) is 9.22. The highest BCUT2D eigenvalue weighted by molar-refractivity contribution is 7.90. The van der Waals surface area contributed by atoms with Gasteiger partial charge in [0.1, 0.15) is 15.6 Å². The molecule has 1 atom stereocenters. The van der Waals surface area contributed by atoms with Gasteiger partial charge in [0.25, 0.3) is 0 Å². The van der Waals surface area contributed by atoms with Crippen LogP contribution in [0.1, 0.15) is 31.2 Å². The molecule has 0 aromatic heterocycles. The summed E-state index contributed by atoms with van der Waals surface area (Å²) in [5, 5.41) is 2.60. The largest absolute Gasteiger partial charge is 0.573 e. The van der Waals surface area contributed by atoms with E-state index in [1.54, 1.807) is 0 Å². The molecule has 36 heavy (non-hydrogen) atoms. The Labute approximate surface area is 207 Å². The molecular weight excluding hydrogens is 503 g/mol. The van der Waals surface area contributed by atoms with Crippen molar-refractivity contribution in [2.75, 3.05) is 38.3 Å². The second-order valence-corrected chi connectivity index (χ2v) is 11.4. The molecule has 0 saturated carbocycles. The molecule has 0 bridgehead atoms. The molecule has 2 fully saturated rings. The highest BCUT2D eigenvalue weighted by Gasteiger charge is 2.46. The van der Waals surface area contributed by atoms with Gasteiger partial charge in [-0.2, -0.15) is 0 Å². The van der Waals surface area contributed by atoms with E-state index < -0.39 is 39.2 Å². The summed E-state index contributed by atoms with van der Waals surface area (Å²) in [6.07, 6.45) is -2.33. The Morgan fingerprint density at radius 1 is 1.31 bits per heavy atom. The van der Waals surface area contributed by atoms with Crippen molar-refractivity contribution < 1.29 is 40.7 Å². The molecule has 1 aromatic carbocycles. The van der Waals surface area contributed by atoms with Crippen molar-refractivity contribution in [3.8, 4) is 5.75 Å². The summed E-state index contributed by atoms with van der Waals surface area (Å²) in [4.78, 5) is 30.9. The van der Waals surface area contributed by atoms with E-state index in [1.165, 1.54) is 17.0 Å². The summed E-state index contributed by atoms with van der Waals surface area (Å²) >= 11 is 0. The standard InChI is InChI=1S/C23H28F3N3O6S/c1-27-18-6-5-16(19(12-18)35-23(24,25)26)13-28-20(30)17-4-3-9-29(14-17)21(31)22(15-36(2,32)33)7-10-34-11-8-22/h5-6,12,17H,3-4,7-11,13-15H2,2H3,(H,28,30)/t17-/m1/s1. The molecule has 9 nitrogen and oxygen atoms in total. The molecule has 1 N–H and O–H groups in total. The van der Waals surface area contributed by atoms with Gasteiger partial charge >= 0.3 is 6.36 Å². The van der Waals surface area contributed by atoms with E-state index in [1.807, 2.05) is 0 Å². The van der Waals surface area contributed by atoms with E-state index in [2.05, 4.69) is 14.9 Å². The molecule has 2 aliphatic heterocycles. The average Bonchev–Trinajstić information content (AvgIpc) is 2.81. The number of rotatable bonds is 7. The number of likely N-dealkylation sites (tertiary alicyclic amines) is 1. The van der Waals surface area contributed by atoms with Crippen LogP contribution >= 0.6 is 0 Å². The molecule has 13 heteroatoms. The van der Waals surface area contributed by atoms with Gasteiger partial charge in [-0.3, -0.25) is 9.59 Å². The first-order valence-electron chi connectivity index (χ1n) is 11.4. The van der Waals surface area contributed by atoms with Crippen molar-refractivity contribution >= 4 is 27.3 Å². The smallest absolute Gasteiger partial charge is 0.407 e. The van der Waals surface area contributed by atoms with Crippen LogP contribution in [0.15, 0.2) is 18.2 Å². The molecule has 198 valence electrons. The summed E-state index contributed by atoms with van der Waals surface area (Å²) in [5.41, 5.74) is -1.09. The highest BCUT2D eigenvalue weighted by atomic mass is 32.2. The minimum absolute atomic E-state index is 0.0399. The number of benzene rings is 1. The molecule has 0 aliphatic carbocycles. The van der Waals surface area contributed by atoms with Crippen LogP contribution in [0.25, 0.3) is 4.85 Å². The maximum absolute atomic E-state index is 13.5. The van der Waals surface area contributed by atoms with Crippen LogP contribution in [0.5, 0.6) is 5.75 Å². The normalized spacial score (nSPS) is 20.3. The number of amides is 2. The van der Waals surface area contributed by atoms with Crippen LogP contribution in [0.4, 0.5) is 18.9 Å². The highest BCUT2D eigenvalue weighted by Crippen LogP contribution is 2.36. The molecule has 0 unspecified atom stereocenters. The van der Waals surface area contributed by atoms with Crippen LogP contribution in [-0.2, 0) is 30.7 Å². The fourth-order valence-corrected chi connectivity index (χ4v) is 6.12. The van der Waals surface area contributed by atoms with E-state index >= 15 is 0 Å². The molecule has 1 aromatic rings. The third kappa shape index (κ3) is 7.33. The Kier molecular flexibility index (Phi) is 8.51. The number of carbonyl (C=O) groups excluding carboxylic acids is 2. The van der Waals surface area contributed by atoms with Gasteiger partial charge in [-0.15, -0.1) is 13.2 Å². The predicted octanol–water partition coefficient (Wildman–Crippen LogP) is 2.83. The fraction of sp³-hybridized carbons (Fsp3) is 0.609. The van der Waals surface area contributed by atoms with Crippen molar-refractivity contribution in [1.82, 2.24) is 10.2 Å². The third-order valence-electron chi connectivity index (χ3n) is 6.38. The maximum Gasteiger partial charge on any atom is 0.573 e. The average molecular weight is 532 g/mol. The van der Waals surface area contributed by atoms with Crippen LogP contribution in [0.2, 0.25) is 0 Å². The van der Waals surface area contributed by atoms with Crippen LogP contribution in [0, 0.1) is 17.9 Å². The lowest BCUT2D eigenvalue weighted by molar-refractivity contribution is -0.274. The van der Waals surface area contributed by atoms with Gasteiger partial charge in [0, 0.05) is 44.7 Å². The van der Waals surface area contributed by atoms with Gasteiger partial charge in [-0.05, 0) is 31.7 Å². The number of ether oxygens (including phenoxy) is 2. The number of piperidine rings is 1. The summed E-state index contributed by atoms with van der Waals surface area (Å²) in [7, 11) is -3.45. The lowest BCUT2D eigenvalue weighted by Crippen LogP contribution is -2.54. The van der Waals surface area contributed by atoms with Crippen LogP contribution in [-0.4, -0.2) is 69.8 Å². The zero-order chi connectivity index (χ0) is 26.6.